The first-order chi connectivity index (χ1) is 15.1. The molecule has 1 aliphatic heterocycles. The van der Waals surface area contributed by atoms with Crippen LogP contribution in [0.25, 0.3) is 17.1 Å². The van der Waals surface area contributed by atoms with E-state index in [0.717, 1.165) is 42.4 Å². The molecule has 1 aliphatic rings. The van der Waals surface area contributed by atoms with E-state index in [1.807, 2.05) is 36.7 Å². The molecule has 0 bridgehead atoms. The van der Waals surface area contributed by atoms with Gasteiger partial charge in [-0.05, 0) is 55.3 Å². The van der Waals surface area contributed by atoms with Crippen molar-refractivity contribution < 1.29 is 0 Å². The average Bonchev–Trinajstić information content (AvgIpc) is 3.53. The first kappa shape index (κ1) is 18.9. The molecule has 1 fully saturated rings. The Kier molecular flexibility index (Phi) is 4.63. The Morgan fingerprint density at radius 2 is 2.03 bits per heavy atom. The summed E-state index contributed by atoms with van der Waals surface area (Å²) >= 11 is 0. The van der Waals surface area contributed by atoms with Crippen molar-refractivity contribution in [2.75, 3.05) is 11.4 Å². The summed E-state index contributed by atoms with van der Waals surface area (Å²) in [5, 5.41) is 31.1. The smallest absolute Gasteiger partial charge is 0.227 e. The molecular formula is C21H20N10. The molecule has 0 spiro atoms. The Labute approximate surface area is 178 Å². The fourth-order valence-corrected chi connectivity index (χ4v) is 3.95. The lowest BCUT2D eigenvalue weighted by Gasteiger charge is -2.22. The summed E-state index contributed by atoms with van der Waals surface area (Å²) in [6.45, 7) is 2.79. The lowest BCUT2D eigenvalue weighted by atomic mass is 10.2. The third-order valence-electron chi connectivity index (χ3n) is 5.45. The number of aromatic nitrogens is 8. The predicted octanol–water partition coefficient (Wildman–Crippen LogP) is 2.37. The van der Waals surface area contributed by atoms with Gasteiger partial charge in [-0.15, -0.1) is 25.2 Å². The Morgan fingerprint density at radius 3 is 2.87 bits per heavy atom. The monoisotopic (exact) mass is 412 g/mol. The van der Waals surface area contributed by atoms with Crippen LogP contribution in [0.1, 0.15) is 36.0 Å². The molecule has 10 nitrogen and oxygen atoms in total. The lowest BCUT2D eigenvalue weighted by molar-refractivity contribution is 0.639. The van der Waals surface area contributed by atoms with Gasteiger partial charge in [0.25, 0.3) is 0 Å². The first-order valence-electron chi connectivity index (χ1n) is 10.0. The van der Waals surface area contributed by atoms with Crippen LogP contribution in [0.4, 0.5) is 5.95 Å². The molecular weight excluding hydrogens is 392 g/mol. The molecule has 4 aromatic rings. The van der Waals surface area contributed by atoms with Gasteiger partial charge in [0.15, 0.2) is 11.6 Å². The number of hydrogen-bond donors (Lipinski definition) is 0. The van der Waals surface area contributed by atoms with Gasteiger partial charge < -0.3 is 4.90 Å². The van der Waals surface area contributed by atoms with Gasteiger partial charge in [0.2, 0.25) is 5.95 Å². The molecule has 0 aliphatic carbocycles. The Morgan fingerprint density at radius 1 is 1.13 bits per heavy atom. The zero-order valence-corrected chi connectivity index (χ0v) is 17.2. The van der Waals surface area contributed by atoms with E-state index in [1.165, 1.54) is 4.80 Å². The van der Waals surface area contributed by atoms with Crippen molar-refractivity contribution in [3.05, 3.63) is 59.7 Å². The molecule has 3 aromatic heterocycles. The summed E-state index contributed by atoms with van der Waals surface area (Å²) in [5.74, 6) is 2.19. The minimum absolute atomic E-state index is 0.0391. The van der Waals surface area contributed by atoms with Crippen molar-refractivity contribution in [1.29, 1.82) is 5.26 Å². The topological polar surface area (TPSA) is 114 Å². The SMILES string of the molecule is Cc1cc(-c2nnc(N3CCCC3c3nnn(-c4cccc(C#N)c4)n3)n2C)ccn1. The number of benzene rings is 1. The van der Waals surface area contributed by atoms with Gasteiger partial charge in [-0.3, -0.25) is 9.55 Å². The second-order valence-corrected chi connectivity index (χ2v) is 7.52. The Bertz CT molecular complexity index is 1280. The highest BCUT2D eigenvalue weighted by Gasteiger charge is 2.33. The predicted molar refractivity (Wildman–Crippen MR) is 112 cm³/mol. The van der Waals surface area contributed by atoms with Crippen molar-refractivity contribution in [1.82, 2.24) is 40.0 Å². The van der Waals surface area contributed by atoms with Gasteiger partial charge in [-0.2, -0.15) is 5.26 Å². The van der Waals surface area contributed by atoms with Gasteiger partial charge in [-0.1, -0.05) is 6.07 Å². The molecule has 0 amide bonds. The second kappa shape index (κ2) is 7.60. The van der Waals surface area contributed by atoms with E-state index in [1.54, 1.807) is 24.4 Å². The minimum atomic E-state index is -0.0391. The van der Waals surface area contributed by atoms with Crippen LogP contribution in [-0.4, -0.2) is 46.5 Å². The quantitative estimate of drug-likeness (QED) is 0.502. The molecule has 154 valence electrons. The maximum atomic E-state index is 9.13. The number of anilines is 1. The summed E-state index contributed by atoms with van der Waals surface area (Å²) in [4.78, 5) is 7.90. The summed E-state index contributed by atoms with van der Waals surface area (Å²) in [7, 11) is 1.97. The summed E-state index contributed by atoms with van der Waals surface area (Å²) in [6, 6.07) is 13.2. The molecule has 1 aromatic carbocycles. The van der Waals surface area contributed by atoms with Crippen molar-refractivity contribution in [2.45, 2.75) is 25.8 Å². The molecule has 0 N–H and O–H groups in total. The number of nitriles is 1. The van der Waals surface area contributed by atoms with E-state index in [2.05, 4.69) is 41.6 Å². The molecule has 1 saturated heterocycles. The summed E-state index contributed by atoms with van der Waals surface area (Å²) in [6.07, 6.45) is 3.68. The normalized spacial score (nSPS) is 15.9. The maximum Gasteiger partial charge on any atom is 0.227 e. The summed E-state index contributed by atoms with van der Waals surface area (Å²) in [5.41, 5.74) is 3.17. The van der Waals surface area contributed by atoms with Gasteiger partial charge in [0.05, 0.1) is 23.4 Å². The van der Waals surface area contributed by atoms with Gasteiger partial charge >= 0.3 is 0 Å². The third kappa shape index (κ3) is 3.40. The van der Waals surface area contributed by atoms with Crippen LogP contribution >= 0.6 is 0 Å². The van der Waals surface area contributed by atoms with Gasteiger partial charge in [-0.25, -0.2) is 0 Å². The highest BCUT2D eigenvalue weighted by atomic mass is 15.6. The third-order valence-corrected chi connectivity index (χ3v) is 5.45. The molecule has 10 heteroatoms. The standard InChI is InChI=1S/C21H20N10/c1-14-11-16(8-9-23-14)20-25-26-21(29(20)2)30-10-4-7-18(30)19-24-28-31(27-19)17-6-3-5-15(12-17)13-22/h3,5-6,8-9,11-12,18H,4,7,10H2,1-2H3. The van der Waals surface area contributed by atoms with Crippen molar-refractivity contribution in [3.63, 3.8) is 0 Å². The van der Waals surface area contributed by atoms with Crippen molar-refractivity contribution in [2.24, 2.45) is 7.05 Å². The van der Waals surface area contributed by atoms with E-state index in [9.17, 15) is 0 Å². The number of aryl methyl sites for hydroxylation is 1. The number of nitrogens with zero attached hydrogens (tertiary/aromatic N) is 10. The number of rotatable bonds is 4. The molecule has 1 atom stereocenters. The van der Waals surface area contributed by atoms with Crippen molar-refractivity contribution in [3.8, 4) is 23.1 Å². The molecule has 4 heterocycles. The van der Waals surface area contributed by atoms with Crippen LogP contribution in [0.5, 0.6) is 0 Å². The van der Waals surface area contributed by atoms with Crippen LogP contribution < -0.4 is 4.90 Å². The van der Waals surface area contributed by atoms with E-state index in [-0.39, 0.29) is 6.04 Å². The molecule has 0 saturated carbocycles. The summed E-state index contributed by atoms with van der Waals surface area (Å²) < 4.78 is 1.99. The molecule has 31 heavy (non-hydrogen) atoms. The van der Waals surface area contributed by atoms with Gasteiger partial charge in [0.1, 0.15) is 0 Å². The average molecular weight is 412 g/mol. The number of hydrogen-bond acceptors (Lipinski definition) is 8. The zero-order chi connectivity index (χ0) is 21.4. The zero-order valence-electron chi connectivity index (χ0n) is 17.2. The van der Waals surface area contributed by atoms with E-state index < -0.39 is 0 Å². The van der Waals surface area contributed by atoms with Gasteiger partial charge in [0, 0.05) is 31.0 Å². The van der Waals surface area contributed by atoms with E-state index >= 15 is 0 Å². The molecule has 0 radical (unpaired) electrons. The fourth-order valence-electron chi connectivity index (χ4n) is 3.95. The Balaban J connectivity index is 1.45. The fraction of sp³-hybridized carbons (Fsp3) is 0.286. The molecule has 5 rings (SSSR count). The first-order valence-corrected chi connectivity index (χ1v) is 10.0. The maximum absolute atomic E-state index is 9.13. The lowest BCUT2D eigenvalue weighted by Crippen LogP contribution is -2.26. The van der Waals surface area contributed by atoms with E-state index in [4.69, 9.17) is 5.26 Å². The van der Waals surface area contributed by atoms with Crippen LogP contribution in [0.3, 0.4) is 0 Å². The minimum Gasteiger partial charge on any atom is -0.330 e. The number of pyridine rings is 1. The second-order valence-electron chi connectivity index (χ2n) is 7.52. The molecule has 1 unspecified atom stereocenters. The highest BCUT2D eigenvalue weighted by molar-refractivity contribution is 5.58. The van der Waals surface area contributed by atoms with Crippen molar-refractivity contribution >= 4 is 5.95 Å². The van der Waals surface area contributed by atoms with Crippen LogP contribution in [-0.2, 0) is 7.05 Å². The van der Waals surface area contributed by atoms with Crippen LogP contribution in [0.15, 0.2) is 42.6 Å². The largest absolute Gasteiger partial charge is 0.330 e. The number of tetrazole rings is 1. The Hall–Kier alpha value is -4.13. The van der Waals surface area contributed by atoms with Crippen LogP contribution in [0.2, 0.25) is 0 Å². The van der Waals surface area contributed by atoms with E-state index in [0.29, 0.717) is 17.1 Å². The highest BCUT2D eigenvalue weighted by Crippen LogP contribution is 2.34. The van der Waals surface area contributed by atoms with Crippen LogP contribution in [0, 0.1) is 18.3 Å².